The van der Waals surface area contributed by atoms with E-state index in [4.69, 9.17) is 0 Å². The molecule has 0 saturated carbocycles. The Morgan fingerprint density at radius 1 is 1.03 bits per heavy atom. The van der Waals surface area contributed by atoms with Crippen molar-refractivity contribution < 1.29 is 35.9 Å². The summed E-state index contributed by atoms with van der Waals surface area (Å²) >= 11 is 0. The molecule has 2 rings (SSSR count). The summed E-state index contributed by atoms with van der Waals surface area (Å²) in [6.45, 7) is 4.08. The zero-order chi connectivity index (χ0) is 23.2. The van der Waals surface area contributed by atoms with Gasteiger partial charge in [0.15, 0.2) is 0 Å². The minimum Gasteiger partial charge on any atom is -0.427 e. The zero-order valence-corrected chi connectivity index (χ0v) is 16.7. The molecule has 0 bridgehead atoms. The Hall–Kier alpha value is -2.82. The smallest absolute Gasteiger partial charge is 0.427 e. The molecule has 11 heteroatoms. The molecular formula is C20H21F6N3O2. The van der Waals surface area contributed by atoms with Gasteiger partial charge in [0, 0.05) is 30.9 Å². The van der Waals surface area contributed by atoms with E-state index in [0.717, 1.165) is 28.1 Å². The quantitative estimate of drug-likeness (QED) is 0.476. The third-order valence-corrected chi connectivity index (χ3v) is 4.23. The SMILES string of the molecule is Cc1cccc(-c2ccc(CNCCNC(=O)OC(C(F)(F)F)C(F)(F)F)c(C)c2)n1. The molecule has 0 unspecified atom stereocenters. The van der Waals surface area contributed by atoms with Gasteiger partial charge in [-0.05, 0) is 43.2 Å². The van der Waals surface area contributed by atoms with Crippen LogP contribution >= 0.6 is 0 Å². The lowest BCUT2D eigenvalue weighted by molar-refractivity contribution is -0.306. The summed E-state index contributed by atoms with van der Waals surface area (Å²) in [6.07, 6.45) is -17.5. The van der Waals surface area contributed by atoms with Gasteiger partial charge >= 0.3 is 18.4 Å². The van der Waals surface area contributed by atoms with Gasteiger partial charge in [0.05, 0.1) is 5.69 Å². The molecule has 5 nitrogen and oxygen atoms in total. The summed E-state index contributed by atoms with van der Waals surface area (Å²) in [5.74, 6) is 0. The molecule has 0 spiro atoms. The lowest BCUT2D eigenvalue weighted by Gasteiger charge is -2.22. The summed E-state index contributed by atoms with van der Waals surface area (Å²) in [5.41, 5.74) is 4.58. The maximum Gasteiger partial charge on any atom is 0.434 e. The molecular weight excluding hydrogens is 428 g/mol. The van der Waals surface area contributed by atoms with Gasteiger partial charge in [0.25, 0.3) is 6.10 Å². The number of alkyl halides is 6. The Labute approximate surface area is 174 Å². The average molecular weight is 449 g/mol. The van der Waals surface area contributed by atoms with Gasteiger partial charge in [-0.1, -0.05) is 18.2 Å². The van der Waals surface area contributed by atoms with Crippen LogP contribution in [0.4, 0.5) is 31.1 Å². The van der Waals surface area contributed by atoms with E-state index in [9.17, 15) is 31.1 Å². The summed E-state index contributed by atoms with van der Waals surface area (Å²) in [5, 5.41) is 4.81. The first-order valence-electron chi connectivity index (χ1n) is 9.20. The Balaban J connectivity index is 1.80. The number of halogens is 6. The molecule has 0 aliphatic carbocycles. The van der Waals surface area contributed by atoms with Crippen LogP contribution in [0.1, 0.15) is 16.8 Å². The molecule has 0 saturated heterocycles. The number of aromatic nitrogens is 1. The van der Waals surface area contributed by atoms with Crippen molar-refractivity contribution in [2.24, 2.45) is 0 Å². The average Bonchev–Trinajstić information content (AvgIpc) is 2.65. The van der Waals surface area contributed by atoms with Gasteiger partial charge in [-0.2, -0.15) is 26.3 Å². The lowest BCUT2D eigenvalue weighted by atomic mass is 10.0. The molecule has 1 heterocycles. The first-order chi connectivity index (χ1) is 14.4. The number of pyridine rings is 1. The number of carbonyl (C=O) groups is 1. The second-order valence-electron chi connectivity index (χ2n) is 6.78. The van der Waals surface area contributed by atoms with Gasteiger partial charge in [-0.25, -0.2) is 4.79 Å². The number of alkyl carbamates (subject to hydrolysis) is 1. The molecule has 2 N–H and O–H groups in total. The van der Waals surface area contributed by atoms with E-state index in [-0.39, 0.29) is 13.1 Å². The normalized spacial score (nSPS) is 12.2. The van der Waals surface area contributed by atoms with Crippen LogP contribution in [-0.4, -0.2) is 42.6 Å². The van der Waals surface area contributed by atoms with E-state index in [1.807, 2.05) is 55.6 Å². The molecule has 0 aliphatic rings. The topological polar surface area (TPSA) is 63.2 Å². The van der Waals surface area contributed by atoms with Crippen molar-refractivity contribution in [3.05, 3.63) is 53.2 Å². The molecule has 0 aliphatic heterocycles. The van der Waals surface area contributed by atoms with Crippen LogP contribution in [0.2, 0.25) is 0 Å². The van der Waals surface area contributed by atoms with Crippen molar-refractivity contribution in [3.63, 3.8) is 0 Å². The van der Waals surface area contributed by atoms with Crippen LogP contribution < -0.4 is 10.6 Å². The van der Waals surface area contributed by atoms with E-state index < -0.39 is 24.5 Å². The number of benzene rings is 1. The number of hydrogen-bond donors (Lipinski definition) is 2. The van der Waals surface area contributed by atoms with Crippen molar-refractivity contribution in [1.29, 1.82) is 0 Å². The molecule has 0 fully saturated rings. The van der Waals surface area contributed by atoms with Crippen LogP contribution in [0.15, 0.2) is 36.4 Å². The molecule has 2 aromatic rings. The maximum atomic E-state index is 12.4. The van der Waals surface area contributed by atoms with Crippen LogP contribution in [0.25, 0.3) is 11.3 Å². The number of ether oxygens (including phenoxy) is 1. The molecule has 170 valence electrons. The predicted molar refractivity (Wildman–Crippen MR) is 101 cm³/mol. The summed E-state index contributed by atoms with van der Waals surface area (Å²) in [7, 11) is 0. The van der Waals surface area contributed by atoms with Crippen LogP contribution in [0.5, 0.6) is 0 Å². The molecule has 0 atom stereocenters. The molecule has 1 aromatic carbocycles. The number of nitrogens with zero attached hydrogens (tertiary/aromatic N) is 1. The fourth-order valence-electron chi connectivity index (χ4n) is 2.70. The predicted octanol–water partition coefficient (Wildman–Crippen LogP) is 4.67. The van der Waals surface area contributed by atoms with Crippen molar-refractivity contribution in [2.75, 3.05) is 13.1 Å². The minimum atomic E-state index is -5.74. The lowest BCUT2D eigenvalue weighted by Crippen LogP contribution is -2.47. The number of amides is 1. The Bertz CT molecular complexity index is 885. The van der Waals surface area contributed by atoms with Gasteiger partial charge in [-0.3, -0.25) is 4.98 Å². The number of rotatable bonds is 7. The number of hydrogen-bond acceptors (Lipinski definition) is 4. The molecule has 1 amide bonds. The maximum absolute atomic E-state index is 12.4. The third kappa shape index (κ3) is 7.42. The highest BCUT2D eigenvalue weighted by Gasteiger charge is 2.59. The highest BCUT2D eigenvalue weighted by Crippen LogP contribution is 2.35. The first-order valence-corrected chi connectivity index (χ1v) is 9.20. The monoisotopic (exact) mass is 449 g/mol. The highest BCUT2D eigenvalue weighted by atomic mass is 19.4. The van der Waals surface area contributed by atoms with Crippen molar-refractivity contribution in [1.82, 2.24) is 15.6 Å². The summed E-state index contributed by atoms with van der Waals surface area (Å²) in [4.78, 5) is 15.7. The van der Waals surface area contributed by atoms with E-state index in [2.05, 4.69) is 15.0 Å². The fraction of sp³-hybridized carbons (Fsp3) is 0.400. The van der Waals surface area contributed by atoms with Gasteiger partial charge in [-0.15, -0.1) is 0 Å². The second-order valence-corrected chi connectivity index (χ2v) is 6.78. The summed E-state index contributed by atoms with van der Waals surface area (Å²) < 4.78 is 77.7. The number of aryl methyl sites for hydroxylation is 2. The number of carbonyl (C=O) groups excluding carboxylic acids is 1. The Morgan fingerprint density at radius 3 is 2.29 bits per heavy atom. The minimum absolute atomic E-state index is 0.110. The van der Waals surface area contributed by atoms with Gasteiger partial charge < -0.3 is 15.4 Å². The van der Waals surface area contributed by atoms with Crippen LogP contribution in [0.3, 0.4) is 0 Å². The van der Waals surface area contributed by atoms with E-state index >= 15 is 0 Å². The van der Waals surface area contributed by atoms with Gasteiger partial charge in [0.1, 0.15) is 0 Å². The Kier molecular flexibility index (Phi) is 7.88. The first kappa shape index (κ1) is 24.4. The standard InChI is InChI=1S/C20H21F6N3O2/c1-12-10-14(16-5-3-4-13(2)29-16)6-7-15(12)11-27-8-9-28-18(30)31-17(19(21,22)23)20(24,25)26/h3-7,10,17,27H,8-9,11H2,1-2H3,(H,28,30). The second kappa shape index (κ2) is 9.99. The Morgan fingerprint density at radius 2 is 1.71 bits per heavy atom. The number of nitrogens with one attached hydrogen (secondary N) is 2. The molecule has 1 aromatic heterocycles. The van der Waals surface area contributed by atoms with E-state index in [1.54, 1.807) is 0 Å². The van der Waals surface area contributed by atoms with E-state index in [1.165, 1.54) is 0 Å². The largest absolute Gasteiger partial charge is 0.434 e. The molecule has 0 radical (unpaired) electrons. The zero-order valence-electron chi connectivity index (χ0n) is 16.7. The van der Waals surface area contributed by atoms with E-state index in [0.29, 0.717) is 6.54 Å². The van der Waals surface area contributed by atoms with Gasteiger partial charge in [0.2, 0.25) is 0 Å². The van der Waals surface area contributed by atoms with Crippen molar-refractivity contribution in [2.45, 2.75) is 38.8 Å². The third-order valence-electron chi connectivity index (χ3n) is 4.23. The van der Waals surface area contributed by atoms with Crippen molar-refractivity contribution >= 4 is 6.09 Å². The summed E-state index contributed by atoms with van der Waals surface area (Å²) in [6, 6.07) is 11.4. The van der Waals surface area contributed by atoms with Crippen molar-refractivity contribution in [3.8, 4) is 11.3 Å². The fourth-order valence-corrected chi connectivity index (χ4v) is 2.70. The molecule has 31 heavy (non-hydrogen) atoms. The van der Waals surface area contributed by atoms with Crippen LogP contribution in [-0.2, 0) is 11.3 Å². The van der Waals surface area contributed by atoms with Crippen LogP contribution in [0, 0.1) is 13.8 Å². The highest BCUT2D eigenvalue weighted by molar-refractivity contribution is 5.67.